The van der Waals surface area contributed by atoms with Crippen molar-refractivity contribution in [1.29, 1.82) is 0 Å². The monoisotopic (exact) mass is 295 g/mol. The van der Waals surface area contributed by atoms with E-state index in [4.69, 9.17) is 0 Å². The van der Waals surface area contributed by atoms with Gasteiger partial charge in [0.15, 0.2) is 12.0 Å². The van der Waals surface area contributed by atoms with Gasteiger partial charge in [0, 0.05) is 5.56 Å². The van der Waals surface area contributed by atoms with Crippen molar-refractivity contribution in [2.75, 3.05) is 0 Å². The van der Waals surface area contributed by atoms with Gasteiger partial charge in [-0.25, -0.2) is 9.07 Å². The van der Waals surface area contributed by atoms with Gasteiger partial charge in [0.05, 0.1) is 5.69 Å². The van der Waals surface area contributed by atoms with Crippen LogP contribution >= 0.6 is 0 Å². The van der Waals surface area contributed by atoms with Crippen LogP contribution < -0.4 is 0 Å². The zero-order valence-corrected chi connectivity index (χ0v) is 12.2. The van der Waals surface area contributed by atoms with E-state index in [-0.39, 0.29) is 11.5 Å². The minimum atomic E-state index is -0.332. The lowest BCUT2D eigenvalue weighted by Crippen LogP contribution is -2.02. The first-order valence-corrected chi connectivity index (χ1v) is 6.84. The maximum absolute atomic E-state index is 13.1. The Morgan fingerprint density at radius 1 is 1.09 bits per heavy atom. The second-order valence-electron chi connectivity index (χ2n) is 5.15. The molecule has 0 aliphatic carbocycles. The van der Waals surface area contributed by atoms with Crippen molar-refractivity contribution in [1.82, 2.24) is 15.0 Å². The zero-order chi connectivity index (χ0) is 15.7. The number of rotatable bonds is 3. The second kappa shape index (κ2) is 5.52. The number of hydrogen-bond acceptors (Lipinski definition) is 3. The summed E-state index contributed by atoms with van der Waals surface area (Å²) >= 11 is 0. The number of hydrogen-bond donors (Lipinski definition) is 0. The average molecular weight is 295 g/mol. The molecule has 1 heterocycles. The van der Waals surface area contributed by atoms with Crippen LogP contribution in [0.1, 0.15) is 21.6 Å². The van der Waals surface area contributed by atoms with Crippen molar-refractivity contribution in [2.45, 2.75) is 13.8 Å². The van der Waals surface area contributed by atoms with E-state index in [1.807, 2.05) is 32.0 Å². The molecule has 22 heavy (non-hydrogen) atoms. The Bertz CT molecular complexity index is 838. The molecule has 1 aromatic heterocycles. The molecule has 110 valence electrons. The van der Waals surface area contributed by atoms with Crippen LogP contribution in [0.3, 0.4) is 0 Å². The van der Waals surface area contributed by atoms with Gasteiger partial charge in [-0.05, 0) is 49.7 Å². The van der Waals surface area contributed by atoms with Crippen molar-refractivity contribution in [3.05, 3.63) is 65.1 Å². The predicted octanol–water partition coefficient (Wildman–Crippen LogP) is 3.50. The lowest BCUT2D eigenvalue weighted by atomic mass is 10.1. The van der Waals surface area contributed by atoms with Crippen LogP contribution in [-0.2, 0) is 0 Å². The Morgan fingerprint density at radius 2 is 1.82 bits per heavy atom. The van der Waals surface area contributed by atoms with Gasteiger partial charge in [0.1, 0.15) is 11.5 Å². The molecular weight excluding hydrogens is 281 g/mol. The fourth-order valence-corrected chi connectivity index (χ4v) is 2.46. The highest BCUT2D eigenvalue weighted by Gasteiger charge is 2.17. The molecule has 0 aliphatic rings. The number of aryl methyl sites for hydroxylation is 2. The van der Waals surface area contributed by atoms with E-state index in [0.29, 0.717) is 17.5 Å². The number of aromatic nitrogens is 3. The number of halogens is 1. The SMILES string of the molecule is Cc1ccc(-n2nnc(C=O)c2-c2ccc(F)cc2)c(C)c1. The predicted molar refractivity (Wildman–Crippen MR) is 81.6 cm³/mol. The summed E-state index contributed by atoms with van der Waals surface area (Å²) < 4.78 is 14.8. The quantitative estimate of drug-likeness (QED) is 0.695. The normalized spacial score (nSPS) is 10.7. The molecule has 0 aliphatic heterocycles. The molecule has 0 amide bonds. The Labute approximate surface area is 127 Å². The van der Waals surface area contributed by atoms with Crippen molar-refractivity contribution in [2.24, 2.45) is 0 Å². The third-order valence-electron chi connectivity index (χ3n) is 3.51. The lowest BCUT2D eigenvalue weighted by molar-refractivity contribution is 0.111. The molecule has 0 unspecified atom stereocenters. The maximum Gasteiger partial charge on any atom is 0.172 e. The molecule has 0 atom stereocenters. The van der Waals surface area contributed by atoms with Gasteiger partial charge in [0.25, 0.3) is 0 Å². The van der Waals surface area contributed by atoms with E-state index >= 15 is 0 Å². The van der Waals surface area contributed by atoms with Gasteiger partial charge in [-0.3, -0.25) is 4.79 Å². The first kappa shape index (κ1) is 14.1. The fraction of sp³-hybridized carbons (Fsp3) is 0.118. The van der Waals surface area contributed by atoms with E-state index in [1.54, 1.807) is 16.8 Å². The highest BCUT2D eigenvalue weighted by molar-refractivity contribution is 5.84. The summed E-state index contributed by atoms with van der Waals surface area (Å²) in [7, 11) is 0. The summed E-state index contributed by atoms with van der Waals surface area (Å²) in [5.41, 5.74) is 4.47. The minimum Gasteiger partial charge on any atom is -0.296 e. The molecule has 3 rings (SSSR count). The largest absolute Gasteiger partial charge is 0.296 e. The van der Waals surface area contributed by atoms with Gasteiger partial charge in [-0.15, -0.1) is 5.10 Å². The topological polar surface area (TPSA) is 47.8 Å². The van der Waals surface area contributed by atoms with E-state index in [0.717, 1.165) is 16.8 Å². The van der Waals surface area contributed by atoms with Gasteiger partial charge in [-0.2, -0.15) is 0 Å². The number of carbonyl (C=O) groups excluding carboxylic acids is 1. The average Bonchev–Trinajstić information content (AvgIpc) is 2.92. The maximum atomic E-state index is 13.1. The van der Waals surface area contributed by atoms with Crippen molar-refractivity contribution < 1.29 is 9.18 Å². The number of aldehydes is 1. The summed E-state index contributed by atoms with van der Waals surface area (Å²) in [6.45, 7) is 3.98. The standard InChI is InChI=1S/C17H14FN3O/c1-11-3-8-16(12(2)9-11)21-17(15(10-22)19-20-21)13-4-6-14(18)7-5-13/h3-10H,1-2H3. The molecule has 0 N–H and O–H groups in total. The summed E-state index contributed by atoms with van der Waals surface area (Å²) in [6.07, 6.45) is 0.658. The first-order chi connectivity index (χ1) is 10.6. The van der Waals surface area contributed by atoms with Gasteiger partial charge >= 0.3 is 0 Å². The van der Waals surface area contributed by atoms with Crippen LogP contribution in [-0.4, -0.2) is 21.3 Å². The van der Waals surface area contributed by atoms with E-state index in [9.17, 15) is 9.18 Å². The third kappa shape index (κ3) is 2.41. The third-order valence-corrected chi connectivity index (χ3v) is 3.51. The van der Waals surface area contributed by atoms with E-state index in [1.165, 1.54) is 12.1 Å². The Hall–Kier alpha value is -2.82. The van der Waals surface area contributed by atoms with Crippen molar-refractivity contribution in [3.8, 4) is 16.9 Å². The highest BCUT2D eigenvalue weighted by atomic mass is 19.1. The number of carbonyl (C=O) groups is 1. The molecule has 0 saturated carbocycles. The van der Waals surface area contributed by atoms with Crippen LogP contribution in [0.5, 0.6) is 0 Å². The summed E-state index contributed by atoms with van der Waals surface area (Å²) in [6, 6.07) is 11.9. The molecule has 2 aromatic carbocycles. The molecule has 5 heteroatoms. The van der Waals surface area contributed by atoms with Gasteiger partial charge < -0.3 is 0 Å². The Balaban J connectivity index is 2.23. The van der Waals surface area contributed by atoms with Crippen LogP contribution in [0, 0.1) is 19.7 Å². The molecule has 0 saturated heterocycles. The first-order valence-electron chi connectivity index (χ1n) is 6.84. The van der Waals surface area contributed by atoms with Crippen LogP contribution in [0.25, 0.3) is 16.9 Å². The molecule has 0 spiro atoms. The van der Waals surface area contributed by atoms with Gasteiger partial charge in [0.2, 0.25) is 0 Å². The number of benzene rings is 2. The van der Waals surface area contributed by atoms with Crippen LogP contribution in [0.4, 0.5) is 4.39 Å². The van der Waals surface area contributed by atoms with Crippen LogP contribution in [0.2, 0.25) is 0 Å². The molecule has 0 bridgehead atoms. The smallest absolute Gasteiger partial charge is 0.172 e. The molecule has 0 radical (unpaired) electrons. The summed E-state index contributed by atoms with van der Waals surface area (Å²) in [5.74, 6) is -0.332. The molecular formula is C17H14FN3O. The van der Waals surface area contributed by atoms with E-state index < -0.39 is 0 Å². The fourth-order valence-electron chi connectivity index (χ4n) is 2.46. The van der Waals surface area contributed by atoms with Crippen molar-refractivity contribution >= 4 is 6.29 Å². The summed E-state index contributed by atoms with van der Waals surface area (Å²) in [5, 5.41) is 8.01. The van der Waals surface area contributed by atoms with E-state index in [2.05, 4.69) is 10.3 Å². The number of nitrogens with zero attached hydrogens (tertiary/aromatic N) is 3. The highest BCUT2D eigenvalue weighted by Crippen LogP contribution is 2.26. The molecule has 0 fully saturated rings. The van der Waals surface area contributed by atoms with Gasteiger partial charge in [-0.1, -0.05) is 22.9 Å². The molecule has 4 nitrogen and oxygen atoms in total. The van der Waals surface area contributed by atoms with Crippen LogP contribution in [0.15, 0.2) is 42.5 Å². The Morgan fingerprint density at radius 3 is 2.45 bits per heavy atom. The minimum absolute atomic E-state index is 0.228. The summed E-state index contributed by atoms with van der Waals surface area (Å²) in [4.78, 5) is 11.3. The zero-order valence-electron chi connectivity index (χ0n) is 12.2. The second-order valence-corrected chi connectivity index (χ2v) is 5.15. The Kier molecular flexibility index (Phi) is 3.55. The lowest BCUT2D eigenvalue weighted by Gasteiger charge is -2.10. The molecule has 3 aromatic rings. The van der Waals surface area contributed by atoms with Crippen molar-refractivity contribution in [3.63, 3.8) is 0 Å².